The van der Waals surface area contributed by atoms with E-state index >= 15 is 0 Å². The van der Waals surface area contributed by atoms with Crippen LogP contribution >= 0.6 is 0 Å². The fourth-order valence-corrected chi connectivity index (χ4v) is 5.30. The Kier molecular flexibility index (Phi) is 5.11. The Morgan fingerprint density at radius 3 is 2.64 bits per heavy atom. The Hall–Kier alpha value is -2.40. The minimum absolute atomic E-state index is 0.00256. The van der Waals surface area contributed by atoms with Crippen molar-refractivity contribution in [3.63, 3.8) is 0 Å². The van der Waals surface area contributed by atoms with Crippen LogP contribution in [0.15, 0.2) is 47.4 Å². The molecule has 3 aromatic rings. The maximum Gasteiger partial charge on any atom is 0.304 e. The number of nitrogens with zero attached hydrogens (tertiary/aromatic N) is 1. The first kappa shape index (κ1) is 18.9. The van der Waals surface area contributed by atoms with Crippen molar-refractivity contribution in [1.82, 2.24) is 4.57 Å². The number of hydrogen-bond acceptors (Lipinski definition) is 2. The minimum Gasteiger partial charge on any atom is -0.481 e. The predicted molar refractivity (Wildman–Crippen MR) is 112 cm³/mol. The average Bonchev–Trinajstić information content (AvgIpc) is 2.98. The summed E-state index contributed by atoms with van der Waals surface area (Å²) >= 11 is 0. The number of aromatic nitrogens is 1. The van der Waals surface area contributed by atoms with Crippen LogP contribution in [-0.4, -0.2) is 26.1 Å². The molecule has 2 aromatic carbocycles. The number of rotatable bonds is 5. The highest BCUT2D eigenvalue weighted by Gasteiger charge is 2.30. The van der Waals surface area contributed by atoms with Gasteiger partial charge in [0.25, 0.3) is 0 Å². The minimum atomic E-state index is -1.11. The van der Waals surface area contributed by atoms with E-state index in [1.54, 1.807) is 6.26 Å². The normalized spacial score (nSPS) is 17.4. The van der Waals surface area contributed by atoms with Crippen molar-refractivity contribution < 1.29 is 14.1 Å². The zero-order chi connectivity index (χ0) is 19.8. The van der Waals surface area contributed by atoms with Crippen LogP contribution in [0.2, 0.25) is 0 Å². The van der Waals surface area contributed by atoms with Crippen molar-refractivity contribution >= 4 is 27.7 Å². The van der Waals surface area contributed by atoms with Crippen LogP contribution in [0.4, 0.5) is 0 Å². The summed E-state index contributed by atoms with van der Waals surface area (Å²) in [5.74, 6) is -0.762. The van der Waals surface area contributed by atoms with E-state index in [0.717, 1.165) is 40.8 Å². The highest BCUT2D eigenvalue weighted by molar-refractivity contribution is 7.84. The number of fused-ring (bicyclic) bond motifs is 3. The number of carboxylic acid groups (broad SMARTS) is 1. The standard InChI is InChI=1S/C23H25NO3S/c1-15-9-11-16(12-10-15)14-24-22-17(13-21(25)26)5-3-6-18(22)19-7-4-8-20(23(19)24)28(2)27/h4,7-12,17H,3,5-6,13-14H2,1-2H3,(H,25,26)/t17-,28?/m1/s1. The lowest BCUT2D eigenvalue weighted by Crippen LogP contribution is -2.18. The van der Waals surface area contributed by atoms with Gasteiger partial charge in [0.05, 0.1) is 27.6 Å². The second kappa shape index (κ2) is 7.55. The van der Waals surface area contributed by atoms with Crippen LogP contribution in [0.1, 0.15) is 47.6 Å². The van der Waals surface area contributed by atoms with E-state index in [4.69, 9.17) is 0 Å². The third-order valence-electron chi connectivity index (χ3n) is 5.75. The van der Waals surface area contributed by atoms with Crippen molar-refractivity contribution in [3.8, 4) is 0 Å². The quantitative estimate of drug-likeness (QED) is 0.685. The number of para-hydroxylation sites is 1. The predicted octanol–water partition coefficient (Wildman–Crippen LogP) is 4.63. The third-order valence-corrected chi connectivity index (χ3v) is 6.70. The SMILES string of the molecule is Cc1ccc(Cn2c3c(c4cccc(S(C)=O)c42)CCC[C@@H]3CC(=O)O)cc1. The average molecular weight is 396 g/mol. The monoisotopic (exact) mass is 395 g/mol. The summed E-state index contributed by atoms with van der Waals surface area (Å²) in [4.78, 5) is 12.3. The highest BCUT2D eigenvalue weighted by Crippen LogP contribution is 2.42. The molecule has 0 radical (unpaired) electrons. The van der Waals surface area contributed by atoms with Crippen molar-refractivity contribution in [3.05, 3.63) is 64.8 Å². The maximum absolute atomic E-state index is 12.5. The number of aryl methyl sites for hydroxylation is 2. The zero-order valence-electron chi connectivity index (χ0n) is 16.3. The summed E-state index contributed by atoms with van der Waals surface area (Å²) < 4.78 is 14.7. The van der Waals surface area contributed by atoms with Crippen molar-refractivity contribution in [2.24, 2.45) is 0 Å². The first-order chi connectivity index (χ1) is 13.5. The Bertz CT molecular complexity index is 1070. The van der Waals surface area contributed by atoms with E-state index in [-0.39, 0.29) is 12.3 Å². The fourth-order valence-electron chi connectivity index (χ4n) is 4.54. The van der Waals surface area contributed by atoms with Gasteiger partial charge in [0.1, 0.15) is 0 Å². The van der Waals surface area contributed by atoms with Gasteiger partial charge in [-0.25, -0.2) is 0 Å². The molecule has 0 amide bonds. The van der Waals surface area contributed by atoms with Crippen molar-refractivity contribution in [2.45, 2.75) is 50.0 Å². The Morgan fingerprint density at radius 1 is 1.21 bits per heavy atom. The van der Waals surface area contributed by atoms with Gasteiger partial charge >= 0.3 is 5.97 Å². The number of carbonyl (C=O) groups is 1. The highest BCUT2D eigenvalue weighted by atomic mass is 32.2. The Balaban J connectivity index is 1.97. The molecule has 2 atom stereocenters. The molecule has 1 aliphatic rings. The van der Waals surface area contributed by atoms with Gasteiger partial charge in [0.2, 0.25) is 0 Å². The van der Waals surface area contributed by atoms with Crippen LogP contribution in [0.3, 0.4) is 0 Å². The molecule has 28 heavy (non-hydrogen) atoms. The molecular weight excluding hydrogens is 370 g/mol. The van der Waals surface area contributed by atoms with Crippen LogP contribution in [-0.2, 0) is 28.6 Å². The number of aliphatic carboxylic acids is 1. The lowest BCUT2D eigenvalue weighted by atomic mass is 9.84. The van der Waals surface area contributed by atoms with Gasteiger partial charge in [-0.3, -0.25) is 9.00 Å². The smallest absolute Gasteiger partial charge is 0.304 e. The number of hydrogen-bond donors (Lipinski definition) is 1. The molecule has 4 nitrogen and oxygen atoms in total. The molecule has 1 N–H and O–H groups in total. The molecule has 1 unspecified atom stereocenters. The molecule has 0 aliphatic heterocycles. The van der Waals surface area contributed by atoms with Crippen molar-refractivity contribution in [1.29, 1.82) is 0 Å². The van der Waals surface area contributed by atoms with Gasteiger partial charge in [-0.1, -0.05) is 42.0 Å². The Morgan fingerprint density at radius 2 is 1.96 bits per heavy atom. The lowest BCUT2D eigenvalue weighted by molar-refractivity contribution is -0.137. The van der Waals surface area contributed by atoms with Crippen LogP contribution in [0.5, 0.6) is 0 Å². The first-order valence-electron chi connectivity index (χ1n) is 9.70. The van der Waals surface area contributed by atoms with E-state index < -0.39 is 16.8 Å². The molecule has 5 heteroatoms. The van der Waals surface area contributed by atoms with E-state index in [0.29, 0.717) is 6.54 Å². The van der Waals surface area contributed by atoms with Gasteiger partial charge in [-0.05, 0) is 43.4 Å². The van der Waals surface area contributed by atoms with E-state index in [2.05, 4.69) is 41.8 Å². The van der Waals surface area contributed by atoms with Gasteiger partial charge in [-0.2, -0.15) is 0 Å². The molecule has 0 spiro atoms. The second-order valence-electron chi connectivity index (χ2n) is 7.73. The second-order valence-corrected chi connectivity index (χ2v) is 9.08. The molecule has 146 valence electrons. The maximum atomic E-state index is 12.5. The number of carboxylic acids is 1. The Labute approximate surface area is 167 Å². The first-order valence-corrected chi connectivity index (χ1v) is 11.3. The van der Waals surface area contributed by atoms with Crippen LogP contribution < -0.4 is 0 Å². The number of benzene rings is 2. The zero-order valence-corrected chi connectivity index (χ0v) is 17.1. The molecule has 1 aliphatic carbocycles. The molecule has 0 bridgehead atoms. The van der Waals surface area contributed by atoms with Crippen LogP contribution in [0.25, 0.3) is 10.9 Å². The van der Waals surface area contributed by atoms with Gasteiger partial charge < -0.3 is 9.67 Å². The molecule has 0 saturated heterocycles. The third kappa shape index (κ3) is 3.39. The van der Waals surface area contributed by atoms with Gasteiger partial charge in [-0.15, -0.1) is 0 Å². The molecule has 1 aromatic heterocycles. The molecule has 0 saturated carbocycles. The molecular formula is C23H25NO3S. The van der Waals surface area contributed by atoms with Crippen molar-refractivity contribution in [2.75, 3.05) is 6.26 Å². The van der Waals surface area contributed by atoms with E-state index in [9.17, 15) is 14.1 Å². The molecule has 4 rings (SSSR count). The van der Waals surface area contributed by atoms with Gasteiger partial charge in [0, 0.05) is 29.8 Å². The largest absolute Gasteiger partial charge is 0.481 e. The summed E-state index contributed by atoms with van der Waals surface area (Å²) in [6, 6.07) is 14.4. The van der Waals surface area contributed by atoms with E-state index in [1.165, 1.54) is 16.7 Å². The molecule has 0 fully saturated rings. The molecule has 1 heterocycles. The summed E-state index contributed by atoms with van der Waals surface area (Å²) in [6.45, 7) is 2.73. The fraction of sp³-hybridized carbons (Fsp3) is 0.348. The topological polar surface area (TPSA) is 59.3 Å². The van der Waals surface area contributed by atoms with Gasteiger partial charge in [0.15, 0.2) is 0 Å². The summed E-state index contributed by atoms with van der Waals surface area (Å²) in [5.41, 5.74) is 5.75. The summed E-state index contributed by atoms with van der Waals surface area (Å²) in [5, 5.41) is 10.6. The van der Waals surface area contributed by atoms with E-state index in [1.807, 2.05) is 12.1 Å². The lowest BCUT2D eigenvalue weighted by Gasteiger charge is -2.25. The van der Waals surface area contributed by atoms with Crippen LogP contribution in [0, 0.1) is 6.92 Å². The summed E-state index contributed by atoms with van der Waals surface area (Å²) in [6.07, 6.45) is 4.68. The summed E-state index contributed by atoms with van der Waals surface area (Å²) in [7, 11) is -1.11.